The summed E-state index contributed by atoms with van der Waals surface area (Å²) in [7, 11) is 0. The number of carbonyl (C=O) groups is 5. The molecule has 0 unspecified atom stereocenters. The van der Waals surface area contributed by atoms with Crippen molar-refractivity contribution in [3.8, 4) is 0 Å². The van der Waals surface area contributed by atoms with Gasteiger partial charge in [0.25, 0.3) is 5.91 Å². The smallest absolute Gasteiger partial charge is 0.267 e. The molecule has 0 bridgehead atoms. The lowest BCUT2D eigenvalue weighted by molar-refractivity contribution is -0.135. The van der Waals surface area contributed by atoms with Crippen molar-refractivity contribution in [2.24, 2.45) is 0 Å². The van der Waals surface area contributed by atoms with Crippen LogP contribution in [0.4, 0.5) is 0 Å². The van der Waals surface area contributed by atoms with Crippen LogP contribution < -0.4 is 5.32 Å². The molecule has 0 radical (unpaired) electrons. The summed E-state index contributed by atoms with van der Waals surface area (Å²) in [5.41, 5.74) is 0.362. The second-order valence-electron chi connectivity index (χ2n) is 4.77. The maximum atomic E-state index is 11.8. The predicted molar refractivity (Wildman–Crippen MR) is 74.2 cm³/mol. The highest BCUT2D eigenvalue weighted by atomic mass is 16.2. The van der Waals surface area contributed by atoms with Gasteiger partial charge in [-0.05, 0) is 12.1 Å². The van der Waals surface area contributed by atoms with E-state index in [2.05, 4.69) is 5.32 Å². The topological polar surface area (TPSA) is 101 Å². The molecular formula is C15H14N2O5. The van der Waals surface area contributed by atoms with Gasteiger partial charge in [-0.15, -0.1) is 0 Å². The Morgan fingerprint density at radius 1 is 0.818 bits per heavy atom. The van der Waals surface area contributed by atoms with Crippen LogP contribution in [-0.2, 0) is 19.2 Å². The van der Waals surface area contributed by atoms with Crippen LogP contribution in [0.5, 0.6) is 0 Å². The van der Waals surface area contributed by atoms with Crippen LogP contribution in [0.2, 0.25) is 0 Å². The average Bonchev–Trinajstić information content (AvgIpc) is 3.05. The second-order valence-corrected chi connectivity index (χ2v) is 4.77. The lowest BCUT2D eigenvalue weighted by Gasteiger charge is -2.11. The zero-order valence-corrected chi connectivity index (χ0v) is 11.7. The second kappa shape index (κ2) is 6.75. The van der Waals surface area contributed by atoms with Gasteiger partial charge in [0, 0.05) is 31.2 Å². The van der Waals surface area contributed by atoms with Crippen LogP contribution in [0.25, 0.3) is 0 Å². The number of hydrogen-bond acceptors (Lipinski definition) is 5. The third kappa shape index (κ3) is 3.63. The minimum absolute atomic E-state index is 0.136. The fraction of sp³-hybridized carbons (Fsp3) is 0.267. The number of benzene rings is 1. The largest absolute Gasteiger partial charge is 0.296 e. The Hall–Kier alpha value is -2.83. The average molecular weight is 302 g/mol. The Bertz CT molecular complexity index is 609. The van der Waals surface area contributed by atoms with Crippen LogP contribution in [0.15, 0.2) is 30.3 Å². The quantitative estimate of drug-likeness (QED) is 0.757. The summed E-state index contributed by atoms with van der Waals surface area (Å²) in [5.74, 6) is -1.64. The molecule has 1 N–H and O–H groups in total. The molecule has 1 aromatic carbocycles. The number of imide groups is 4. The molecule has 7 heteroatoms. The molecule has 0 aliphatic carbocycles. The summed E-state index contributed by atoms with van der Waals surface area (Å²) < 4.78 is 0. The molecule has 1 aromatic rings. The van der Waals surface area contributed by atoms with Gasteiger partial charge >= 0.3 is 0 Å². The van der Waals surface area contributed by atoms with Crippen LogP contribution in [0.1, 0.15) is 36.0 Å². The van der Waals surface area contributed by atoms with E-state index in [9.17, 15) is 24.0 Å². The normalized spacial score (nSPS) is 17.2. The zero-order valence-electron chi connectivity index (χ0n) is 11.7. The predicted octanol–water partition coefficient (Wildman–Crippen LogP) is 0.399. The number of rotatable bonds is 1. The van der Waals surface area contributed by atoms with E-state index < -0.39 is 17.7 Å². The van der Waals surface area contributed by atoms with E-state index in [1.807, 2.05) is 0 Å². The van der Waals surface area contributed by atoms with E-state index in [-0.39, 0.29) is 24.7 Å². The van der Waals surface area contributed by atoms with Crippen molar-refractivity contribution in [2.45, 2.75) is 25.7 Å². The molecule has 0 spiro atoms. The first-order valence-corrected chi connectivity index (χ1v) is 6.77. The van der Waals surface area contributed by atoms with E-state index in [0.717, 1.165) is 4.90 Å². The van der Waals surface area contributed by atoms with Gasteiger partial charge in [-0.25, -0.2) is 4.90 Å². The molecular weight excluding hydrogens is 288 g/mol. The summed E-state index contributed by atoms with van der Waals surface area (Å²) >= 11 is 0. The molecule has 0 atom stereocenters. The maximum absolute atomic E-state index is 11.8. The van der Waals surface area contributed by atoms with Gasteiger partial charge in [0.2, 0.25) is 23.6 Å². The van der Waals surface area contributed by atoms with E-state index in [1.54, 1.807) is 30.3 Å². The van der Waals surface area contributed by atoms with Crippen molar-refractivity contribution in [3.63, 3.8) is 0 Å². The number of carbonyl (C=O) groups excluding carboxylic acids is 5. The standard InChI is InChI=1S/C11H9NO3.C4H5NO2/c13-9-6-7-10(14)12(9)11(15)8-4-2-1-3-5-8;6-3-1-2-4(7)5-3/h1-5H,6-7H2;1-2H2,(H,5,6,7). The molecule has 3 rings (SSSR count). The number of hydrogen-bond donors (Lipinski definition) is 1. The third-order valence-corrected chi connectivity index (χ3v) is 3.13. The van der Waals surface area contributed by atoms with Crippen molar-refractivity contribution in [2.75, 3.05) is 0 Å². The van der Waals surface area contributed by atoms with Gasteiger partial charge in [0.15, 0.2) is 0 Å². The molecule has 2 aliphatic heterocycles. The number of amides is 5. The summed E-state index contributed by atoms with van der Waals surface area (Å²) in [4.78, 5) is 55.3. The van der Waals surface area contributed by atoms with E-state index in [4.69, 9.17) is 0 Å². The number of nitrogens with zero attached hydrogens (tertiary/aromatic N) is 1. The SMILES string of the molecule is O=C1CCC(=O)N1.O=C1CCC(=O)N1C(=O)c1ccccc1. The van der Waals surface area contributed by atoms with Gasteiger partial charge < -0.3 is 0 Å². The first kappa shape index (κ1) is 15.6. The molecule has 7 nitrogen and oxygen atoms in total. The van der Waals surface area contributed by atoms with Gasteiger partial charge in [-0.2, -0.15) is 0 Å². The summed E-state index contributed by atoms with van der Waals surface area (Å²) in [5, 5.41) is 2.14. The van der Waals surface area contributed by atoms with E-state index >= 15 is 0 Å². The van der Waals surface area contributed by atoms with Crippen LogP contribution in [-0.4, -0.2) is 34.4 Å². The maximum Gasteiger partial charge on any atom is 0.267 e. The highest BCUT2D eigenvalue weighted by molar-refractivity contribution is 6.19. The molecule has 2 saturated heterocycles. The van der Waals surface area contributed by atoms with Gasteiger partial charge in [-0.3, -0.25) is 29.3 Å². The first-order valence-electron chi connectivity index (χ1n) is 6.77. The van der Waals surface area contributed by atoms with Crippen molar-refractivity contribution < 1.29 is 24.0 Å². The lowest BCUT2D eigenvalue weighted by Crippen LogP contribution is -2.35. The molecule has 22 heavy (non-hydrogen) atoms. The molecule has 2 fully saturated rings. The molecule has 2 heterocycles. The molecule has 5 amide bonds. The summed E-state index contributed by atoms with van der Waals surface area (Å²) in [6, 6.07) is 8.32. The van der Waals surface area contributed by atoms with Crippen molar-refractivity contribution >= 4 is 29.5 Å². The van der Waals surface area contributed by atoms with E-state index in [0.29, 0.717) is 18.4 Å². The van der Waals surface area contributed by atoms with Gasteiger partial charge in [-0.1, -0.05) is 18.2 Å². The fourth-order valence-corrected chi connectivity index (χ4v) is 2.02. The molecule has 0 aromatic heterocycles. The zero-order chi connectivity index (χ0) is 16.1. The Morgan fingerprint density at radius 3 is 1.73 bits per heavy atom. The van der Waals surface area contributed by atoms with Crippen LogP contribution >= 0.6 is 0 Å². The van der Waals surface area contributed by atoms with E-state index in [1.165, 1.54) is 0 Å². The van der Waals surface area contributed by atoms with Crippen molar-refractivity contribution in [3.05, 3.63) is 35.9 Å². The fourth-order valence-electron chi connectivity index (χ4n) is 2.02. The summed E-state index contributed by atoms with van der Waals surface area (Å²) in [6.07, 6.45) is 1.02. The van der Waals surface area contributed by atoms with Crippen molar-refractivity contribution in [1.29, 1.82) is 0 Å². The Kier molecular flexibility index (Phi) is 4.77. The first-order chi connectivity index (χ1) is 10.5. The monoisotopic (exact) mass is 302 g/mol. The minimum atomic E-state index is -0.525. The summed E-state index contributed by atoms with van der Waals surface area (Å²) in [6.45, 7) is 0. The Morgan fingerprint density at radius 2 is 1.32 bits per heavy atom. The highest BCUT2D eigenvalue weighted by Crippen LogP contribution is 2.15. The molecule has 114 valence electrons. The Labute approximate surface area is 126 Å². The number of likely N-dealkylation sites (tertiary alicyclic amines) is 1. The van der Waals surface area contributed by atoms with Crippen LogP contribution in [0.3, 0.4) is 0 Å². The van der Waals surface area contributed by atoms with Crippen LogP contribution in [0, 0.1) is 0 Å². The molecule has 2 aliphatic rings. The minimum Gasteiger partial charge on any atom is -0.296 e. The highest BCUT2D eigenvalue weighted by Gasteiger charge is 2.34. The van der Waals surface area contributed by atoms with Gasteiger partial charge in [0.1, 0.15) is 0 Å². The van der Waals surface area contributed by atoms with Gasteiger partial charge in [0.05, 0.1) is 0 Å². The number of nitrogens with one attached hydrogen (secondary N) is 1. The lowest BCUT2D eigenvalue weighted by atomic mass is 10.2. The molecule has 0 saturated carbocycles. The van der Waals surface area contributed by atoms with Crippen molar-refractivity contribution in [1.82, 2.24) is 10.2 Å². The third-order valence-electron chi connectivity index (χ3n) is 3.13. The Balaban J connectivity index is 0.000000211.